The molecule has 60 heavy (non-hydrogen) atoms. The molecule has 344 valence electrons. The van der Waals surface area contributed by atoms with Gasteiger partial charge >= 0.3 is 17.9 Å². The van der Waals surface area contributed by atoms with Crippen LogP contribution in [0.2, 0.25) is 0 Å². The number of carbonyl (C=O) groups excluding carboxylic acids is 3. The number of carbonyl (C=O) groups is 3. The molecule has 0 aliphatic rings. The van der Waals surface area contributed by atoms with Crippen molar-refractivity contribution in [2.45, 2.75) is 239 Å². The van der Waals surface area contributed by atoms with Gasteiger partial charge in [0.15, 0.2) is 6.10 Å². The van der Waals surface area contributed by atoms with Crippen LogP contribution in [0.1, 0.15) is 233 Å². The largest absolute Gasteiger partial charge is 0.462 e. The van der Waals surface area contributed by atoms with Crippen LogP contribution in [-0.4, -0.2) is 37.2 Å². The highest BCUT2D eigenvalue weighted by Crippen LogP contribution is 2.13. The van der Waals surface area contributed by atoms with Crippen LogP contribution in [0.15, 0.2) is 72.9 Å². The smallest absolute Gasteiger partial charge is 0.306 e. The normalized spacial score (nSPS) is 12.2. The molecule has 0 aromatic rings. The molecule has 0 spiro atoms. The van der Waals surface area contributed by atoms with Crippen molar-refractivity contribution in [1.29, 1.82) is 0 Å². The van der Waals surface area contributed by atoms with Gasteiger partial charge < -0.3 is 14.2 Å². The van der Waals surface area contributed by atoms with Crippen LogP contribution >= 0.6 is 0 Å². The number of unbranched alkanes of at least 4 members (excludes halogenated alkanes) is 21. The Hall–Kier alpha value is -3.15. The van der Waals surface area contributed by atoms with Gasteiger partial charge in [0, 0.05) is 19.3 Å². The van der Waals surface area contributed by atoms with Crippen molar-refractivity contribution < 1.29 is 28.6 Å². The van der Waals surface area contributed by atoms with Crippen molar-refractivity contribution in [3.8, 4) is 0 Å². The molecular formula is C54H92O6. The molecule has 6 nitrogen and oxygen atoms in total. The van der Waals surface area contributed by atoms with Crippen molar-refractivity contribution in [1.82, 2.24) is 0 Å². The standard InChI is InChI=1S/C54H92O6/c1-4-7-10-13-16-19-22-25-28-31-34-37-40-43-46-52(55)58-49-51(60-54(57)48-45-42-39-36-33-30-27-24-21-18-15-12-9-6-3)50-59-53(56)47-44-41-38-35-32-29-26-23-20-17-14-11-8-5-2/h13-18,22-27,51H,4-12,19-21,28-50H2,1-3H3/b16-13-,17-14-,18-15-,25-22-,26-23-,27-24-. The van der Waals surface area contributed by atoms with Gasteiger partial charge in [0.2, 0.25) is 0 Å². The minimum Gasteiger partial charge on any atom is -0.462 e. The maximum Gasteiger partial charge on any atom is 0.306 e. The van der Waals surface area contributed by atoms with Crippen LogP contribution in [0.5, 0.6) is 0 Å². The number of esters is 3. The Labute approximate surface area is 370 Å². The average Bonchev–Trinajstić information content (AvgIpc) is 3.24. The summed E-state index contributed by atoms with van der Waals surface area (Å²) in [5, 5.41) is 0. The first kappa shape index (κ1) is 56.9. The van der Waals surface area contributed by atoms with Gasteiger partial charge in [-0.05, 0) is 96.3 Å². The second-order valence-corrected chi connectivity index (χ2v) is 16.4. The van der Waals surface area contributed by atoms with E-state index < -0.39 is 6.10 Å². The first-order valence-corrected chi connectivity index (χ1v) is 24.9. The fourth-order valence-corrected chi connectivity index (χ4v) is 6.55. The van der Waals surface area contributed by atoms with Gasteiger partial charge in [-0.3, -0.25) is 14.4 Å². The van der Waals surface area contributed by atoms with E-state index in [2.05, 4.69) is 93.7 Å². The lowest BCUT2D eigenvalue weighted by Crippen LogP contribution is -2.30. The molecule has 0 aliphatic carbocycles. The Morgan fingerprint density at radius 3 is 0.917 bits per heavy atom. The lowest BCUT2D eigenvalue weighted by molar-refractivity contribution is -0.167. The number of ether oxygens (including phenoxy) is 3. The predicted molar refractivity (Wildman–Crippen MR) is 256 cm³/mol. The van der Waals surface area contributed by atoms with Gasteiger partial charge in [0.1, 0.15) is 13.2 Å². The summed E-state index contributed by atoms with van der Waals surface area (Å²) in [4.78, 5) is 37.9. The van der Waals surface area contributed by atoms with Gasteiger partial charge in [0.05, 0.1) is 0 Å². The molecule has 0 bridgehead atoms. The zero-order chi connectivity index (χ0) is 43.7. The Morgan fingerprint density at radius 1 is 0.333 bits per heavy atom. The fourth-order valence-electron chi connectivity index (χ4n) is 6.55. The molecule has 0 saturated carbocycles. The van der Waals surface area contributed by atoms with E-state index >= 15 is 0 Å². The van der Waals surface area contributed by atoms with E-state index in [1.54, 1.807) is 0 Å². The molecule has 0 saturated heterocycles. The topological polar surface area (TPSA) is 78.9 Å². The third-order valence-electron chi connectivity index (χ3n) is 10.4. The van der Waals surface area contributed by atoms with Crippen LogP contribution < -0.4 is 0 Å². The van der Waals surface area contributed by atoms with Gasteiger partial charge in [-0.25, -0.2) is 0 Å². The van der Waals surface area contributed by atoms with E-state index in [9.17, 15) is 14.4 Å². The van der Waals surface area contributed by atoms with Crippen molar-refractivity contribution in [2.24, 2.45) is 0 Å². The number of hydrogen-bond acceptors (Lipinski definition) is 6. The van der Waals surface area contributed by atoms with Crippen molar-refractivity contribution >= 4 is 17.9 Å². The Kier molecular flexibility index (Phi) is 46.0. The van der Waals surface area contributed by atoms with Gasteiger partial charge in [-0.2, -0.15) is 0 Å². The molecule has 0 aliphatic heterocycles. The highest BCUT2D eigenvalue weighted by molar-refractivity contribution is 5.71. The number of hydrogen-bond donors (Lipinski definition) is 0. The average molecular weight is 837 g/mol. The Morgan fingerprint density at radius 2 is 0.600 bits per heavy atom. The van der Waals surface area contributed by atoms with E-state index in [0.717, 1.165) is 135 Å². The van der Waals surface area contributed by atoms with Crippen LogP contribution in [0.25, 0.3) is 0 Å². The van der Waals surface area contributed by atoms with Crippen molar-refractivity contribution in [2.75, 3.05) is 13.2 Å². The summed E-state index contributed by atoms with van der Waals surface area (Å²) in [5.74, 6) is -0.936. The molecular weight excluding hydrogens is 745 g/mol. The summed E-state index contributed by atoms with van der Waals surface area (Å²) in [5.41, 5.74) is 0. The molecule has 0 fully saturated rings. The third-order valence-corrected chi connectivity index (χ3v) is 10.4. The lowest BCUT2D eigenvalue weighted by Gasteiger charge is -2.18. The first-order chi connectivity index (χ1) is 29.5. The molecule has 0 amide bonds. The van der Waals surface area contributed by atoms with Crippen molar-refractivity contribution in [3.63, 3.8) is 0 Å². The van der Waals surface area contributed by atoms with E-state index in [4.69, 9.17) is 14.2 Å². The SMILES string of the molecule is CCCC/C=C\C/C=C\CCCCCCCC(=O)OCC(COC(=O)CCCCCCC/C=C\C/C=C\CCCC)OC(=O)CCCCCCC/C=C\C/C=C\CCCC. The molecule has 0 atom stereocenters. The Balaban J connectivity index is 4.46. The first-order valence-electron chi connectivity index (χ1n) is 24.9. The van der Waals surface area contributed by atoms with Gasteiger partial charge in [-0.1, -0.05) is 190 Å². The van der Waals surface area contributed by atoms with E-state index in [-0.39, 0.29) is 31.1 Å². The summed E-state index contributed by atoms with van der Waals surface area (Å²) in [6, 6.07) is 0. The lowest BCUT2D eigenvalue weighted by atomic mass is 10.1. The van der Waals surface area contributed by atoms with E-state index in [0.29, 0.717) is 19.3 Å². The van der Waals surface area contributed by atoms with Crippen molar-refractivity contribution in [3.05, 3.63) is 72.9 Å². The predicted octanol–water partition coefficient (Wildman–Crippen LogP) is 16.3. The van der Waals surface area contributed by atoms with Crippen LogP contribution in [0.3, 0.4) is 0 Å². The molecule has 0 aromatic heterocycles. The minimum atomic E-state index is -0.793. The minimum absolute atomic E-state index is 0.0936. The van der Waals surface area contributed by atoms with Gasteiger partial charge in [0.25, 0.3) is 0 Å². The maximum absolute atomic E-state index is 12.8. The monoisotopic (exact) mass is 837 g/mol. The van der Waals surface area contributed by atoms with Crippen LogP contribution in [0, 0.1) is 0 Å². The van der Waals surface area contributed by atoms with E-state index in [1.807, 2.05) is 0 Å². The zero-order valence-corrected chi connectivity index (χ0v) is 39.2. The third kappa shape index (κ3) is 45.9. The summed E-state index contributed by atoms with van der Waals surface area (Å²) < 4.78 is 16.7. The molecule has 0 heterocycles. The molecule has 0 aromatic carbocycles. The van der Waals surface area contributed by atoms with Crippen LogP contribution in [0.4, 0.5) is 0 Å². The second kappa shape index (κ2) is 48.5. The van der Waals surface area contributed by atoms with E-state index in [1.165, 1.54) is 57.8 Å². The summed E-state index contributed by atoms with van der Waals surface area (Å²) in [6.07, 6.45) is 60.1. The number of rotatable bonds is 44. The molecule has 0 rings (SSSR count). The summed E-state index contributed by atoms with van der Waals surface area (Å²) >= 11 is 0. The second-order valence-electron chi connectivity index (χ2n) is 16.4. The summed E-state index contributed by atoms with van der Waals surface area (Å²) in [6.45, 7) is 6.47. The van der Waals surface area contributed by atoms with Gasteiger partial charge in [-0.15, -0.1) is 0 Å². The quantitative estimate of drug-likeness (QED) is 0.0263. The van der Waals surface area contributed by atoms with Crippen LogP contribution in [-0.2, 0) is 28.6 Å². The Bertz CT molecular complexity index is 1080. The summed E-state index contributed by atoms with van der Waals surface area (Å²) in [7, 11) is 0. The zero-order valence-electron chi connectivity index (χ0n) is 39.2. The maximum atomic E-state index is 12.8. The highest BCUT2D eigenvalue weighted by atomic mass is 16.6. The molecule has 0 unspecified atom stereocenters. The number of allylic oxidation sites excluding steroid dienone is 12. The molecule has 6 heteroatoms. The highest BCUT2D eigenvalue weighted by Gasteiger charge is 2.19. The fraction of sp³-hybridized carbons (Fsp3) is 0.722. The molecule has 0 radical (unpaired) electrons. The molecule has 0 N–H and O–H groups in total.